The Hall–Kier alpha value is -1.31. The number of oxime groups is 1. The highest BCUT2D eigenvalue weighted by atomic mass is 16.6. The van der Waals surface area contributed by atoms with Crippen LogP contribution >= 0.6 is 0 Å². The Morgan fingerprint density at radius 1 is 1.25 bits per heavy atom. The Morgan fingerprint density at radius 3 is 2.75 bits per heavy atom. The van der Waals surface area contributed by atoms with Crippen molar-refractivity contribution in [2.45, 2.75) is 12.8 Å². The molecule has 0 fully saturated rings. The highest BCUT2D eigenvalue weighted by Gasteiger charge is 2.07. The van der Waals surface area contributed by atoms with Gasteiger partial charge in [0.05, 0.1) is 5.71 Å². The molecule has 0 saturated heterocycles. The molecule has 12 heavy (non-hydrogen) atoms. The molecule has 2 nitrogen and oxygen atoms in total. The summed E-state index contributed by atoms with van der Waals surface area (Å²) in [5.41, 5.74) is 2.46. The van der Waals surface area contributed by atoms with Gasteiger partial charge in [-0.05, 0) is 5.56 Å². The lowest BCUT2D eigenvalue weighted by Crippen LogP contribution is -1.99. The van der Waals surface area contributed by atoms with E-state index in [4.69, 9.17) is 4.84 Å². The summed E-state index contributed by atoms with van der Waals surface area (Å²) in [6.07, 6.45) is 1.91. The van der Waals surface area contributed by atoms with Crippen LogP contribution in [0.5, 0.6) is 0 Å². The first kappa shape index (κ1) is 7.35. The Kier molecular flexibility index (Phi) is 2.08. The summed E-state index contributed by atoms with van der Waals surface area (Å²) < 4.78 is 0. The van der Waals surface area contributed by atoms with Crippen molar-refractivity contribution in [2.24, 2.45) is 5.16 Å². The summed E-state index contributed by atoms with van der Waals surface area (Å²) in [5, 5.41) is 3.95. The number of benzene rings is 1. The van der Waals surface area contributed by atoms with Crippen molar-refractivity contribution in [3.63, 3.8) is 0 Å². The number of hydrogen-bond acceptors (Lipinski definition) is 2. The molecule has 0 radical (unpaired) electrons. The third kappa shape index (κ3) is 1.64. The lowest BCUT2D eigenvalue weighted by Gasteiger charge is -1.96. The van der Waals surface area contributed by atoms with Gasteiger partial charge in [-0.2, -0.15) is 0 Å². The molecule has 0 aliphatic carbocycles. The van der Waals surface area contributed by atoms with Gasteiger partial charge in [0.15, 0.2) is 0 Å². The molecule has 0 spiro atoms. The van der Waals surface area contributed by atoms with E-state index in [1.54, 1.807) is 0 Å². The first-order valence-corrected chi connectivity index (χ1v) is 4.17. The second-order valence-electron chi connectivity index (χ2n) is 2.90. The number of rotatable bonds is 2. The minimum atomic E-state index is 0.752. The second kappa shape index (κ2) is 3.39. The van der Waals surface area contributed by atoms with E-state index in [1.165, 1.54) is 5.56 Å². The van der Waals surface area contributed by atoms with Crippen LogP contribution < -0.4 is 0 Å². The molecule has 1 aliphatic heterocycles. The van der Waals surface area contributed by atoms with Crippen LogP contribution in [0.1, 0.15) is 12.0 Å². The fraction of sp³-hybridized carbons (Fsp3) is 0.300. The zero-order valence-electron chi connectivity index (χ0n) is 6.86. The van der Waals surface area contributed by atoms with E-state index >= 15 is 0 Å². The number of nitrogens with zero attached hydrogens (tertiary/aromatic N) is 1. The second-order valence-corrected chi connectivity index (χ2v) is 2.90. The summed E-state index contributed by atoms with van der Waals surface area (Å²) in [6, 6.07) is 10.3. The SMILES string of the molecule is c1ccc(CC2=NOCC2)cc1. The fourth-order valence-electron chi connectivity index (χ4n) is 1.30. The van der Waals surface area contributed by atoms with Gasteiger partial charge in [-0.1, -0.05) is 35.5 Å². The maximum Gasteiger partial charge on any atom is 0.122 e. The normalized spacial score (nSPS) is 15.5. The smallest absolute Gasteiger partial charge is 0.122 e. The monoisotopic (exact) mass is 161 g/mol. The van der Waals surface area contributed by atoms with Crippen molar-refractivity contribution in [1.29, 1.82) is 0 Å². The molecule has 1 aromatic carbocycles. The molecule has 2 rings (SSSR count). The molecule has 0 N–H and O–H groups in total. The standard InChI is InChI=1S/C10H11NO/c1-2-4-9(5-3-1)8-10-6-7-12-11-10/h1-5H,6-8H2. The third-order valence-electron chi connectivity index (χ3n) is 1.93. The van der Waals surface area contributed by atoms with Crippen molar-refractivity contribution in [3.8, 4) is 0 Å². The summed E-state index contributed by atoms with van der Waals surface area (Å²) in [4.78, 5) is 4.92. The highest BCUT2D eigenvalue weighted by Crippen LogP contribution is 2.07. The fourth-order valence-corrected chi connectivity index (χ4v) is 1.30. The Labute approximate surface area is 71.8 Å². The lowest BCUT2D eigenvalue weighted by atomic mass is 10.1. The lowest BCUT2D eigenvalue weighted by molar-refractivity contribution is 0.173. The Morgan fingerprint density at radius 2 is 2.08 bits per heavy atom. The predicted octanol–water partition coefficient (Wildman–Crippen LogP) is 2.01. The van der Waals surface area contributed by atoms with Crippen LogP contribution in [0, 0.1) is 0 Å². The minimum absolute atomic E-state index is 0.752. The van der Waals surface area contributed by atoms with Gasteiger partial charge in [-0.3, -0.25) is 0 Å². The van der Waals surface area contributed by atoms with Crippen LogP contribution in [0.3, 0.4) is 0 Å². The third-order valence-corrected chi connectivity index (χ3v) is 1.93. The van der Waals surface area contributed by atoms with Crippen molar-refractivity contribution < 1.29 is 4.84 Å². The minimum Gasteiger partial charge on any atom is -0.395 e. The molecular formula is C10H11NO. The molecule has 0 aromatic heterocycles. The van der Waals surface area contributed by atoms with Gasteiger partial charge >= 0.3 is 0 Å². The zero-order valence-corrected chi connectivity index (χ0v) is 6.86. The molecule has 0 atom stereocenters. The topological polar surface area (TPSA) is 21.6 Å². The van der Waals surface area contributed by atoms with E-state index in [0.29, 0.717) is 0 Å². The van der Waals surface area contributed by atoms with Gasteiger partial charge in [-0.25, -0.2) is 0 Å². The highest BCUT2D eigenvalue weighted by molar-refractivity contribution is 5.86. The van der Waals surface area contributed by atoms with E-state index in [2.05, 4.69) is 17.3 Å². The summed E-state index contributed by atoms with van der Waals surface area (Å²) in [5.74, 6) is 0. The van der Waals surface area contributed by atoms with E-state index in [0.717, 1.165) is 25.2 Å². The molecule has 0 unspecified atom stereocenters. The van der Waals surface area contributed by atoms with Gasteiger partial charge in [-0.15, -0.1) is 0 Å². The summed E-state index contributed by atoms with van der Waals surface area (Å²) in [7, 11) is 0. The van der Waals surface area contributed by atoms with Gasteiger partial charge in [0, 0.05) is 12.8 Å². The molecule has 0 saturated carbocycles. The van der Waals surface area contributed by atoms with E-state index in [9.17, 15) is 0 Å². The van der Waals surface area contributed by atoms with E-state index in [1.807, 2.05) is 18.2 Å². The molecular weight excluding hydrogens is 150 g/mol. The quantitative estimate of drug-likeness (QED) is 0.650. The average molecular weight is 161 g/mol. The van der Waals surface area contributed by atoms with Crippen LogP contribution in [0.15, 0.2) is 35.5 Å². The van der Waals surface area contributed by atoms with E-state index < -0.39 is 0 Å². The summed E-state index contributed by atoms with van der Waals surface area (Å²) in [6.45, 7) is 0.752. The molecule has 2 heteroatoms. The predicted molar refractivity (Wildman–Crippen MR) is 48.2 cm³/mol. The van der Waals surface area contributed by atoms with Crippen LogP contribution in [-0.2, 0) is 11.3 Å². The van der Waals surface area contributed by atoms with E-state index in [-0.39, 0.29) is 0 Å². The Bertz CT molecular complexity index is 279. The molecule has 0 bridgehead atoms. The van der Waals surface area contributed by atoms with Crippen molar-refractivity contribution in [1.82, 2.24) is 0 Å². The zero-order chi connectivity index (χ0) is 8.23. The van der Waals surface area contributed by atoms with Gasteiger partial charge in [0.25, 0.3) is 0 Å². The van der Waals surface area contributed by atoms with Crippen LogP contribution in [0.4, 0.5) is 0 Å². The van der Waals surface area contributed by atoms with Crippen LogP contribution in [0.2, 0.25) is 0 Å². The Balaban J connectivity index is 2.04. The first-order chi connectivity index (χ1) is 5.95. The van der Waals surface area contributed by atoms with Crippen molar-refractivity contribution >= 4 is 5.71 Å². The molecule has 1 aliphatic rings. The maximum atomic E-state index is 4.92. The first-order valence-electron chi connectivity index (χ1n) is 4.17. The van der Waals surface area contributed by atoms with Gasteiger partial charge < -0.3 is 4.84 Å². The maximum absolute atomic E-state index is 4.92. The number of hydrogen-bond donors (Lipinski definition) is 0. The molecule has 1 aromatic rings. The largest absolute Gasteiger partial charge is 0.395 e. The molecule has 1 heterocycles. The van der Waals surface area contributed by atoms with Crippen molar-refractivity contribution in [2.75, 3.05) is 6.61 Å². The molecule has 62 valence electrons. The molecule has 0 amide bonds. The van der Waals surface area contributed by atoms with Gasteiger partial charge in [0.2, 0.25) is 0 Å². The van der Waals surface area contributed by atoms with Crippen molar-refractivity contribution in [3.05, 3.63) is 35.9 Å². The van der Waals surface area contributed by atoms with Crippen LogP contribution in [-0.4, -0.2) is 12.3 Å². The summed E-state index contributed by atoms with van der Waals surface area (Å²) >= 11 is 0. The van der Waals surface area contributed by atoms with Gasteiger partial charge in [0.1, 0.15) is 6.61 Å². The average Bonchev–Trinajstić information content (AvgIpc) is 2.59. The van der Waals surface area contributed by atoms with Crippen LogP contribution in [0.25, 0.3) is 0 Å².